The second-order valence-corrected chi connectivity index (χ2v) is 6.63. The highest BCUT2D eigenvalue weighted by atomic mass is 16.5. The Hall–Kier alpha value is -3.68. The minimum atomic E-state index is -0.460. The zero-order chi connectivity index (χ0) is 20.4. The molecule has 0 fully saturated rings. The molecule has 1 aliphatic heterocycles. The molecule has 1 N–H and O–H groups in total. The lowest BCUT2D eigenvalue weighted by Crippen LogP contribution is -2.38. The minimum Gasteiger partial charge on any atom is -0.482 e. The van der Waals surface area contributed by atoms with E-state index in [0.29, 0.717) is 40.8 Å². The number of likely N-dealkylation sites (N-methyl/N-ethyl adjacent to an activating group) is 1. The SMILES string of the molecule is CCN1C(=O)COc2ccc(-c3noc(C(C)NC(=O)c4ccccc4)n3)cc21. The van der Waals surface area contributed by atoms with E-state index in [9.17, 15) is 9.59 Å². The van der Waals surface area contributed by atoms with Gasteiger partial charge in [0, 0.05) is 17.7 Å². The number of carbonyl (C=O) groups excluding carboxylic acids is 2. The smallest absolute Gasteiger partial charge is 0.265 e. The fourth-order valence-corrected chi connectivity index (χ4v) is 3.15. The molecule has 0 radical (unpaired) electrons. The van der Waals surface area contributed by atoms with Crippen LogP contribution in [0.25, 0.3) is 11.4 Å². The van der Waals surface area contributed by atoms with Crippen molar-refractivity contribution in [2.24, 2.45) is 0 Å². The van der Waals surface area contributed by atoms with Crippen LogP contribution in [-0.2, 0) is 4.79 Å². The van der Waals surface area contributed by atoms with Crippen molar-refractivity contribution in [3.05, 3.63) is 60.0 Å². The molecule has 2 heterocycles. The number of hydrogen-bond acceptors (Lipinski definition) is 6. The molecule has 2 aromatic carbocycles. The number of fused-ring (bicyclic) bond motifs is 1. The Kier molecular flexibility index (Phi) is 4.99. The number of hydrogen-bond donors (Lipinski definition) is 1. The third-order valence-corrected chi connectivity index (χ3v) is 4.67. The standard InChI is InChI=1S/C21H20N4O4/c1-3-25-16-11-15(9-10-17(16)28-12-18(25)26)19-23-21(29-24-19)13(2)22-20(27)14-7-5-4-6-8-14/h4-11,13H,3,12H2,1-2H3,(H,22,27). The molecule has 8 nitrogen and oxygen atoms in total. The van der Waals surface area contributed by atoms with E-state index < -0.39 is 6.04 Å². The average Bonchev–Trinajstić information content (AvgIpc) is 3.24. The van der Waals surface area contributed by atoms with E-state index in [1.54, 1.807) is 48.2 Å². The first kappa shape index (κ1) is 18.7. The number of carbonyl (C=O) groups is 2. The number of nitrogens with zero attached hydrogens (tertiary/aromatic N) is 3. The van der Waals surface area contributed by atoms with Gasteiger partial charge >= 0.3 is 0 Å². The van der Waals surface area contributed by atoms with Gasteiger partial charge in [-0.3, -0.25) is 9.59 Å². The van der Waals surface area contributed by atoms with Crippen LogP contribution in [0.15, 0.2) is 53.1 Å². The van der Waals surface area contributed by atoms with E-state index in [4.69, 9.17) is 9.26 Å². The molecule has 3 aromatic rings. The monoisotopic (exact) mass is 392 g/mol. The molecule has 0 saturated carbocycles. The Bertz CT molecular complexity index is 1050. The second kappa shape index (κ2) is 7.75. The molecule has 1 atom stereocenters. The number of ether oxygens (including phenoxy) is 1. The van der Waals surface area contributed by atoms with Gasteiger partial charge in [0.05, 0.1) is 5.69 Å². The van der Waals surface area contributed by atoms with Gasteiger partial charge in [0.1, 0.15) is 11.8 Å². The van der Waals surface area contributed by atoms with Crippen LogP contribution in [0.4, 0.5) is 5.69 Å². The molecule has 4 rings (SSSR count). The van der Waals surface area contributed by atoms with Gasteiger partial charge in [-0.05, 0) is 44.2 Å². The van der Waals surface area contributed by atoms with Crippen molar-refractivity contribution in [1.82, 2.24) is 15.5 Å². The van der Waals surface area contributed by atoms with Gasteiger partial charge in [-0.1, -0.05) is 23.4 Å². The van der Waals surface area contributed by atoms with Crippen molar-refractivity contribution in [2.75, 3.05) is 18.1 Å². The van der Waals surface area contributed by atoms with E-state index in [1.165, 1.54) is 0 Å². The van der Waals surface area contributed by atoms with E-state index in [0.717, 1.165) is 0 Å². The first-order valence-corrected chi connectivity index (χ1v) is 9.34. The van der Waals surface area contributed by atoms with Crippen molar-refractivity contribution < 1.29 is 18.8 Å². The van der Waals surface area contributed by atoms with Gasteiger partial charge in [-0.2, -0.15) is 4.98 Å². The molecule has 148 valence electrons. The van der Waals surface area contributed by atoms with Crippen molar-refractivity contribution in [3.63, 3.8) is 0 Å². The van der Waals surface area contributed by atoms with Crippen molar-refractivity contribution in [3.8, 4) is 17.1 Å². The maximum absolute atomic E-state index is 12.3. The predicted octanol–water partition coefficient (Wildman–Crippen LogP) is 2.97. The number of amides is 2. The van der Waals surface area contributed by atoms with Crippen molar-refractivity contribution in [2.45, 2.75) is 19.9 Å². The number of nitrogens with one attached hydrogen (secondary N) is 1. The maximum atomic E-state index is 12.3. The zero-order valence-electron chi connectivity index (χ0n) is 16.1. The molecular formula is C21H20N4O4. The third kappa shape index (κ3) is 3.69. The molecule has 0 bridgehead atoms. The quantitative estimate of drug-likeness (QED) is 0.717. The van der Waals surface area contributed by atoms with Crippen LogP contribution in [0, 0.1) is 0 Å². The van der Waals surface area contributed by atoms with Gasteiger partial charge in [0.2, 0.25) is 11.7 Å². The summed E-state index contributed by atoms with van der Waals surface area (Å²) in [6.07, 6.45) is 0. The van der Waals surface area contributed by atoms with E-state index in [1.807, 2.05) is 19.1 Å². The van der Waals surface area contributed by atoms with Gasteiger partial charge in [0.15, 0.2) is 6.61 Å². The predicted molar refractivity (Wildman–Crippen MR) is 106 cm³/mol. The Balaban J connectivity index is 1.54. The summed E-state index contributed by atoms with van der Waals surface area (Å²) in [7, 11) is 0. The summed E-state index contributed by atoms with van der Waals surface area (Å²) in [5, 5.41) is 6.87. The highest BCUT2D eigenvalue weighted by Crippen LogP contribution is 2.35. The lowest BCUT2D eigenvalue weighted by atomic mass is 10.1. The molecule has 0 saturated heterocycles. The van der Waals surface area contributed by atoms with Gasteiger partial charge in [0.25, 0.3) is 11.8 Å². The van der Waals surface area contributed by atoms with Crippen LogP contribution in [0.1, 0.15) is 36.1 Å². The highest BCUT2D eigenvalue weighted by Gasteiger charge is 2.25. The highest BCUT2D eigenvalue weighted by molar-refractivity contribution is 5.98. The summed E-state index contributed by atoms with van der Waals surface area (Å²) in [6, 6.07) is 13.9. The maximum Gasteiger partial charge on any atom is 0.265 e. The first-order chi connectivity index (χ1) is 14.1. The van der Waals surface area contributed by atoms with E-state index >= 15 is 0 Å². The first-order valence-electron chi connectivity index (χ1n) is 9.34. The summed E-state index contributed by atoms with van der Waals surface area (Å²) in [5.41, 5.74) is 1.92. The largest absolute Gasteiger partial charge is 0.482 e. The van der Waals surface area contributed by atoms with Crippen LogP contribution in [0.5, 0.6) is 5.75 Å². The van der Waals surface area contributed by atoms with Crippen LogP contribution in [0.2, 0.25) is 0 Å². The summed E-state index contributed by atoms with van der Waals surface area (Å²) >= 11 is 0. The molecule has 0 aliphatic carbocycles. The normalized spacial score (nSPS) is 14.1. The van der Waals surface area contributed by atoms with Gasteiger partial charge in [-0.15, -0.1) is 0 Å². The van der Waals surface area contributed by atoms with Crippen LogP contribution in [-0.4, -0.2) is 35.1 Å². The molecule has 1 unspecified atom stereocenters. The number of rotatable bonds is 5. The zero-order valence-corrected chi connectivity index (χ0v) is 16.1. The van der Waals surface area contributed by atoms with Crippen molar-refractivity contribution >= 4 is 17.5 Å². The van der Waals surface area contributed by atoms with Gasteiger partial charge < -0.3 is 19.5 Å². The van der Waals surface area contributed by atoms with E-state index in [-0.39, 0.29) is 18.4 Å². The average molecular weight is 392 g/mol. The fourth-order valence-electron chi connectivity index (χ4n) is 3.15. The molecular weight excluding hydrogens is 372 g/mol. The Morgan fingerprint density at radius 1 is 1.24 bits per heavy atom. The second-order valence-electron chi connectivity index (χ2n) is 6.63. The third-order valence-electron chi connectivity index (χ3n) is 4.67. The van der Waals surface area contributed by atoms with Crippen LogP contribution in [0.3, 0.4) is 0 Å². The molecule has 29 heavy (non-hydrogen) atoms. The fraction of sp³-hybridized carbons (Fsp3) is 0.238. The molecule has 1 aromatic heterocycles. The van der Waals surface area contributed by atoms with E-state index in [2.05, 4.69) is 15.5 Å². The Labute approximate surface area is 167 Å². The Morgan fingerprint density at radius 3 is 2.79 bits per heavy atom. The van der Waals surface area contributed by atoms with Crippen LogP contribution >= 0.6 is 0 Å². The molecule has 2 amide bonds. The lowest BCUT2D eigenvalue weighted by molar-refractivity contribution is -0.121. The minimum absolute atomic E-state index is 0.0329. The number of anilines is 1. The lowest BCUT2D eigenvalue weighted by Gasteiger charge is -2.28. The van der Waals surface area contributed by atoms with Crippen molar-refractivity contribution in [1.29, 1.82) is 0 Å². The van der Waals surface area contributed by atoms with Crippen LogP contribution < -0.4 is 15.0 Å². The summed E-state index contributed by atoms with van der Waals surface area (Å²) < 4.78 is 10.8. The number of aromatic nitrogens is 2. The van der Waals surface area contributed by atoms with Gasteiger partial charge in [-0.25, -0.2) is 0 Å². The summed E-state index contributed by atoms with van der Waals surface area (Å²) in [5.74, 6) is 0.992. The number of benzene rings is 2. The summed E-state index contributed by atoms with van der Waals surface area (Å²) in [6.45, 7) is 4.25. The molecule has 0 spiro atoms. The topological polar surface area (TPSA) is 97.6 Å². The summed E-state index contributed by atoms with van der Waals surface area (Å²) in [4.78, 5) is 30.4. The molecule has 1 aliphatic rings. The Morgan fingerprint density at radius 2 is 2.03 bits per heavy atom. The molecule has 8 heteroatoms.